The lowest BCUT2D eigenvalue weighted by molar-refractivity contribution is -0.119. The molecule has 0 bridgehead atoms. The van der Waals surface area contributed by atoms with Gasteiger partial charge in [-0.05, 0) is 30.2 Å². The van der Waals surface area contributed by atoms with Gasteiger partial charge in [0.2, 0.25) is 0 Å². The first-order valence-electron chi connectivity index (χ1n) is 7.41. The maximum atomic E-state index is 11.8. The average Bonchev–Trinajstić information content (AvgIpc) is 2.93. The van der Waals surface area contributed by atoms with Crippen LogP contribution in [0.2, 0.25) is 0 Å². The molecule has 2 aromatic carbocycles. The van der Waals surface area contributed by atoms with E-state index in [9.17, 15) is 9.59 Å². The van der Waals surface area contributed by atoms with Gasteiger partial charge in [-0.2, -0.15) is 0 Å². The van der Waals surface area contributed by atoms with Gasteiger partial charge in [-0.1, -0.05) is 24.3 Å². The van der Waals surface area contributed by atoms with Crippen molar-refractivity contribution in [3.8, 4) is 11.5 Å². The Balaban J connectivity index is 1.68. The van der Waals surface area contributed by atoms with Crippen molar-refractivity contribution in [3.63, 3.8) is 0 Å². The zero-order valence-corrected chi connectivity index (χ0v) is 12.6. The Hall–Kier alpha value is -2.82. The molecule has 0 heterocycles. The van der Waals surface area contributed by atoms with Crippen LogP contribution in [0.1, 0.15) is 27.9 Å². The van der Waals surface area contributed by atoms with E-state index in [1.54, 1.807) is 12.1 Å². The van der Waals surface area contributed by atoms with Gasteiger partial charge in [-0.15, -0.1) is 0 Å². The Kier molecular flexibility index (Phi) is 4.28. The fourth-order valence-electron chi connectivity index (χ4n) is 2.63. The molecule has 0 saturated carbocycles. The van der Waals surface area contributed by atoms with Crippen molar-refractivity contribution in [2.45, 2.75) is 19.4 Å². The van der Waals surface area contributed by atoms with Crippen LogP contribution < -0.4 is 15.2 Å². The van der Waals surface area contributed by atoms with E-state index in [0.717, 1.165) is 28.9 Å². The first-order valence-corrected chi connectivity index (χ1v) is 7.41. The third-order valence-electron chi connectivity index (χ3n) is 3.71. The molecule has 5 nitrogen and oxygen atoms in total. The molecule has 0 spiro atoms. The highest BCUT2D eigenvalue weighted by atomic mass is 16.5. The highest BCUT2D eigenvalue weighted by molar-refractivity contribution is 6.01. The molecule has 0 radical (unpaired) electrons. The van der Waals surface area contributed by atoms with Crippen molar-refractivity contribution in [1.82, 2.24) is 0 Å². The maximum absolute atomic E-state index is 11.8. The normalized spacial score (nSPS) is 12.8. The summed E-state index contributed by atoms with van der Waals surface area (Å²) < 4.78 is 11.1. The number of hydrogen-bond acceptors (Lipinski definition) is 4. The van der Waals surface area contributed by atoms with Gasteiger partial charge in [0.1, 0.15) is 18.1 Å². The van der Waals surface area contributed by atoms with Gasteiger partial charge >= 0.3 is 0 Å². The fourth-order valence-corrected chi connectivity index (χ4v) is 2.63. The highest BCUT2D eigenvalue weighted by Gasteiger charge is 2.22. The summed E-state index contributed by atoms with van der Waals surface area (Å²) in [4.78, 5) is 22.5. The van der Waals surface area contributed by atoms with Gasteiger partial charge in [0, 0.05) is 17.5 Å². The summed E-state index contributed by atoms with van der Waals surface area (Å²) in [6.07, 6.45) is 1.28. The van der Waals surface area contributed by atoms with Crippen LogP contribution in [0.25, 0.3) is 0 Å². The molecular formula is C18H17NO4. The summed E-state index contributed by atoms with van der Waals surface area (Å²) in [6, 6.07) is 12.9. The molecule has 1 aliphatic carbocycles. The summed E-state index contributed by atoms with van der Waals surface area (Å²) >= 11 is 0. The molecule has 5 heteroatoms. The Morgan fingerprint density at radius 2 is 1.91 bits per heavy atom. The number of primary amides is 1. The number of benzene rings is 2. The van der Waals surface area contributed by atoms with Gasteiger partial charge < -0.3 is 15.2 Å². The second-order valence-electron chi connectivity index (χ2n) is 5.40. The topological polar surface area (TPSA) is 78.6 Å². The number of nitrogens with two attached hydrogens (primary N) is 1. The Labute approximate surface area is 134 Å². The molecule has 2 N–H and O–H groups in total. The van der Waals surface area contributed by atoms with Crippen LogP contribution in [0.15, 0.2) is 42.5 Å². The first-order chi connectivity index (χ1) is 11.1. The average molecular weight is 311 g/mol. The van der Waals surface area contributed by atoms with Crippen LogP contribution in [0.5, 0.6) is 11.5 Å². The minimum absolute atomic E-state index is 0.154. The van der Waals surface area contributed by atoms with E-state index in [1.165, 1.54) is 0 Å². The SMILES string of the molecule is NC(=O)COc1cccc(COc2cccc3c2CCC3=O)c1. The predicted octanol–water partition coefficient (Wildman–Crippen LogP) is 2.26. The zero-order valence-electron chi connectivity index (χ0n) is 12.6. The molecule has 2 aromatic rings. The Morgan fingerprint density at radius 1 is 1.09 bits per heavy atom. The van der Waals surface area contributed by atoms with E-state index in [0.29, 0.717) is 18.8 Å². The molecule has 0 unspecified atom stereocenters. The number of carbonyl (C=O) groups is 2. The summed E-state index contributed by atoms with van der Waals surface area (Å²) in [5, 5.41) is 0. The van der Waals surface area contributed by atoms with Gasteiger partial charge in [0.15, 0.2) is 12.4 Å². The molecule has 1 aliphatic rings. The smallest absolute Gasteiger partial charge is 0.255 e. The third kappa shape index (κ3) is 3.51. The minimum atomic E-state index is -0.517. The van der Waals surface area contributed by atoms with Crippen LogP contribution in [0.4, 0.5) is 0 Å². The number of rotatable bonds is 6. The fraction of sp³-hybridized carbons (Fsp3) is 0.222. The van der Waals surface area contributed by atoms with Crippen molar-refractivity contribution < 1.29 is 19.1 Å². The van der Waals surface area contributed by atoms with Gasteiger partial charge in [0.05, 0.1) is 0 Å². The highest BCUT2D eigenvalue weighted by Crippen LogP contribution is 2.31. The zero-order chi connectivity index (χ0) is 16.2. The van der Waals surface area contributed by atoms with Crippen LogP contribution in [-0.2, 0) is 17.8 Å². The van der Waals surface area contributed by atoms with Crippen molar-refractivity contribution in [2.24, 2.45) is 5.73 Å². The maximum Gasteiger partial charge on any atom is 0.255 e. The van der Waals surface area contributed by atoms with Gasteiger partial charge in [-0.3, -0.25) is 9.59 Å². The largest absolute Gasteiger partial charge is 0.489 e. The van der Waals surface area contributed by atoms with Crippen molar-refractivity contribution in [1.29, 1.82) is 0 Å². The quantitative estimate of drug-likeness (QED) is 0.887. The van der Waals surface area contributed by atoms with Crippen LogP contribution in [0, 0.1) is 0 Å². The summed E-state index contributed by atoms with van der Waals surface area (Å²) in [5.74, 6) is 0.971. The lowest BCUT2D eigenvalue weighted by Gasteiger charge is -2.11. The van der Waals surface area contributed by atoms with E-state index in [1.807, 2.05) is 30.3 Å². The monoisotopic (exact) mass is 311 g/mol. The summed E-state index contributed by atoms with van der Waals surface area (Å²) in [5.41, 5.74) is 7.72. The molecule has 118 valence electrons. The molecule has 0 aliphatic heterocycles. The number of amides is 1. The third-order valence-corrected chi connectivity index (χ3v) is 3.71. The summed E-state index contributed by atoms with van der Waals surface area (Å²) in [7, 11) is 0. The molecule has 0 atom stereocenters. The molecule has 1 amide bonds. The lowest BCUT2D eigenvalue weighted by atomic mass is 10.1. The van der Waals surface area contributed by atoms with E-state index in [4.69, 9.17) is 15.2 Å². The molecule has 0 fully saturated rings. The second-order valence-corrected chi connectivity index (χ2v) is 5.40. The number of ketones is 1. The standard InChI is InChI=1S/C18H17NO4/c19-18(21)11-22-13-4-1-3-12(9-13)10-23-17-6-2-5-14-15(17)7-8-16(14)20/h1-6,9H,7-8,10-11H2,(H2,19,21). The molecule has 0 aromatic heterocycles. The van der Waals surface area contributed by atoms with E-state index in [-0.39, 0.29) is 12.4 Å². The molecule has 23 heavy (non-hydrogen) atoms. The Bertz CT molecular complexity index is 754. The van der Waals surface area contributed by atoms with E-state index in [2.05, 4.69) is 0 Å². The number of ether oxygens (including phenoxy) is 2. The van der Waals surface area contributed by atoms with Crippen LogP contribution in [0.3, 0.4) is 0 Å². The second kappa shape index (κ2) is 6.52. The summed E-state index contributed by atoms with van der Waals surface area (Å²) in [6.45, 7) is 0.205. The minimum Gasteiger partial charge on any atom is -0.489 e. The Morgan fingerprint density at radius 3 is 2.74 bits per heavy atom. The van der Waals surface area contributed by atoms with E-state index < -0.39 is 5.91 Å². The van der Waals surface area contributed by atoms with E-state index >= 15 is 0 Å². The van der Waals surface area contributed by atoms with Crippen LogP contribution >= 0.6 is 0 Å². The molecular weight excluding hydrogens is 294 g/mol. The number of hydrogen-bond donors (Lipinski definition) is 1. The first kappa shape index (κ1) is 15.1. The number of carbonyl (C=O) groups excluding carboxylic acids is 2. The van der Waals surface area contributed by atoms with Crippen molar-refractivity contribution in [2.75, 3.05) is 6.61 Å². The van der Waals surface area contributed by atoms with Gasteiger partial charge in [-0.25, -0.2) is 0 Å². The van der Waals surface area contributed by atoms with Crippen LogP contribution in [-0.4, -0.2) is 18.3 Å². The number of Topliss-reactive ketones (excluding diaryl/α,β-unsaturated/α-hetero) is 1. The lowest BCUT2D eigenvalue weighted by Crippen LogP contribution is -2.20. The number of fused-ring (bicyclic) bond motifs is 1. The van der Waals surface area contributed by atoms with Crippen molar-refractivity contribution in [3.05, 3.63) is 59.2 Å². The van der Waals surface area contributed by atoms with Crippen molar-refractivity contribution >= 4 is 11.7 Å². The molecule has 0 saturated heterocycles. The molecule has 3 rings (SSSR count). The van der Waals surface area contributed by atoms with Gasteiger partial charge in [0.25, 0.3) is 5.91 Å². The predicted molar refractivity (Wildman–Crippen MR) is 84.6 cm³/mol.